The van der Waals surface area contributed by atoms with Crippen LogP contribution >= 0.6 is 0 Å². The van der Waals surface area contributed by atoms with Crippen molar-refractivity contribution in [3.05, 3.63) is 35.9 Å². The normalized spacial score (nSPS) is 17.4. The number of imide groups is 2. The number of rotatable bonds is 4. The molecule has 1 aliphatic heterocycles. The van der Waals surface area contributed by atoms with Gasteiger partial charge in [0.05, 0.1) is 0 Å². The first-order chi connectivity index (χ1) is 10.7. The first-order valence-corrected chi connectivity index (χ1v) is 7.44. The first-order valence-electron chi connectivity index (χ1n) is 7.44. The van der Waals surface area contributed by atoms with E-state index >= 15 is 0 Å². The van der Waals surface area contributed by atoms with E-state index in [4.69, 9.17) is 0 Å². The van der Waals surface area contributed by atoms with Gasteiger partial charge in [-0.25, -0.2) is 4.79 Å². The SMILES string of the molecule is CC(C)(C)C(=O)C[C@H](c1ccccc1)C1C(=O)NC(=O)NC1=O. The molecule has 0 aliphatic carbocycles. The Kier molecular flexibility index (Phi) is 4.63. The number of hydrogen-bond donors (Lipinski definition) is 2. The van der Waals surface area contributed by atoms with Crippen LogP contribution in [0.3, 0.4) is 0 Å². The van der Waals surface area contributed by atoms with Crippen molar-refractivity contribution in [2.45, 2.75) is 33.1 Å². The van der Waals surface area contributed by atoms with E-state index in [2.05, 4.69) is 10.6 Å². The number of nitrogens with one attached hydrogen (secondary N) is 2. The Bertz CT molecular complexity index is 626. The van der Waals surface area contributed by atoms with Gasteiger partial charge >= 0.3 is 6.03 Å². The molecule has 0 unspecified atom stereocenters. The van der Waals surface area contributed by atoms with Crippen molar-refractivity contribution in [2.24, 2.45) is 11.3 Å². The van der Waals surface area contributed by atoms with E-state index in [0.717, 1.165) is 5.56 Å². The first kappa shape index (κ1) is 16.9. The van der Waals surface area contributed by atoms with Crippen LogP contribution in [0.15, 0.2) is 30.3 Å². The number of hydrogen-bond acceptors (Lipinski definition) is 4. The zero-order valence-corrected chi connectivity index (χ0v) is 13.4. The van der Waals surface area contributed by atoms with Crippen LogP contribution in [-0.2, 0) is 14.4 Å². The van der Waals surface area contributed by atoms with E-state index in [0.29, 0.717) is 0 Å². The van der Waals surface area contributed by atoms with E-state index < -0.39 is 35.1 Å². The smallest absolute Gasteiger partial charge is 0.299 e. The highest BCUT2D eigenvalue weighted by atomic mass is 16.2. The fourth-order valence-corrected chi connectivity index (χ4v) is 2.53. The molecule has 2 rings (SSSR count). The fourth-order valence-electron chi connectivity index (χ4n) is 2.53. The molecule has 1 saturated heterocycles. The highest BCUT2D eigenvalue weighted by molar-refractivity contribution is 6.16. The number of carbonyl (C=O) groups is 4. The second-order valence-electron chi connectivity index (χ2n) is 6.68. The van der Waals surface area contributed by atoms with Crippen LogP contribution in [-0.4, -0.2) is 23.6 Å². The molecule has 0 spiro atoms. The summed E-state index contributed by atoms with van der Waals surface area (Å²) >= 11 is 0. The summed E-state index contributed by atoms with van der Waals surface area (Å²) in [5, 5.41) is 4.20. The van der Waals surface area contributed by atoms with Crippen molar-refractivity contribution in [3.63, 3.8) is 0 Å². The molecule has 6 nitrogen and oxygen atoms in total. The number of barbiturate groups is 1. The lowest BCUT2D eigenvalue weighted by Gasteiger charge is -2.30. The average molecular weight is 316 g/mol. The standard InChI is InChI=1S/C17H20N2O4/c1-17(2,3)12(20)9-11(10-7-5-4-6-8-10)13-14(21)18-16(23)19-15(13)22/h4-8,11,13H,9H2,1-3H3,(H2,18,19,21,22,23)/t11-/m1/s1. The quantitative estimate of drug-likeness (QED) is 0.828. The molecular formula is C17H20N2O4. The third-order valence-electron chi connectivity index (χ3n) is 3.91. The molecule has 0 bridgehead atoms. The van der Waals surface area contributed by atoms with Crippen LogP contribution in [0.2, 0.25) is 0 Å². The molecule has 1 atom stereocenters. The van der Waals surface area contributed by atoms with Crippen molar-refractivity contribution >= 4 is 23.6 Å². The van der Waals surface area contributed by atoms with E-state index in [9.17, 15) is 19.2 Å². The molecule has 0 radical (unpaired) electrons. The zero-order chi connectivity index (χ0) is 17.2. The average Bonchev–Trinajstić information content (AvgIpc) is 2.45. The summed E-state index contributed by atoms with van der Waals surface area (Å²) in [6, 6.07) is 8.11. The summed E-state index contributed by atoms with van der Waals surface area (Å²) in [6.07, 6.45) is 0.0488. The molecule has 23 heavy (non-hydrogen) atoms. The molecule has 1 heterocycles. The van der Waals surface area contributed by atoms with Crippen LogP contribution < -0.4 is 10.6 Å². The molecule has 2 N–H and O–H groups in total. The number of benzene rings is 1. The van der Waals surface area contributed by atoms with Crippen LogP contribution in [0.4, 0.5) is 4.79 Å². The van der Waals surface area contributed by atoms with E-state index in [1.54, 1.807) is 45.0 Å². The second kappa shape index (κ2) is 6.32. The van der Waals surface area contributed by atoms with Crippen molar-refractivity contribution in [1.82, 2.24) is 10.6 Å². The van der Waals surface area contributed by atoms with Gasteiger partial charge in [-0.2, -0.15) is 0 Å². The van der Waals surface area contributed by atoms with Crippen molar-refractivity contribution in [2.75, 3.05) is 0 Å². The lowest BCUT2D eigenvalue weighted by molar-refractivity contribution is -0.137. The van der Waals surface area contributed by atoms with Crippen LogP contribution in [0.5, 0.6) is 0 Å². The maximum atomic E-state index is 12.4. The summed E-state index contributed by atoms with van der Waals surface area (Å²) in [5.41, 5.74) is 0.138. The number of urea groups is 1. The van der Waals surface area contributed by atoms with Gasteiger partial charge in [-0.05, 0) is 5.56 Å². The molecule has 1 aromatic rings. The van der Waals surface area contributed by atoms with Gasteiger partial charge in [0, 0.05) is 17.8 Å². The summed E-state index contributed by atoms with van der Waals surface area (Å²) in [6.45, 7) is 5.38. The van der Waals surface area contributed by atoms with Gasteiger partial charge in [-0.3, -0.25) is 25.0 Å². The predicted molar refractivity (Wildman–Crippen MR) is 83.4 cm³/mol. The largest absolute Gasteiger partial charge is 0.328 e. The molecule has 0 saturated carbocycles. The number of amides is 4. The summed E-state index contributed by atoms with van der Waals surface area (Å²) in [4.78, 5) is 48.0. The number of Topliss-reactive ketones (excluding diaryl/α,β-unsaturated/α-hetero) is 1. The Morgan fingerprint density at radius 1 is 1.04 bits per heavy atom. The molecule has 1 fully saturated rings. The summed E-state index contributed by atoms with van der Waals surface area (Å²) in [5.74, 6) is -3.12. The number of carbonyl (C=O) groups excluding carboxylic acids is 4. The van der Waals surface area contributed by atoms with Gasteiger partial charge < -0.3 is 0 Å². The maximum absolute atomic E-state index is 12.4. The molecular weight excluding hydrogens is 296 g/mol. The summed E-state index contributed by atoms with van der Waals surface area (Å²) < 4.78 is 0. The minimum Gasteiger partial charge on any atom is -0.299 e. The lowest BCUT2D eigenvalue weighted by atomic mass is 9.76. The predicted octanol–water partition coefficient (Wildman–Crippen LogP) is 1.76. The highest BCUT2D eigenvalue weighted by Gasteiger charge is 2.42. The summed E-state index contributed by atoms with van der Waals surface area (Å²) in [7, 11) is 0. The van der Waals surface area contributed by atoms with Crippen LogP contribution in [0, 0.1) is 11.3 Å². The number of ketones is 1. The van der Waals surface area contributed by atoms with E-state index in [-0.39, 0.29) is 12.2 Å². The Morgan fingerprint density at radius 3 is 2.04 bits per heavy atom. The van der Waals surface area contributed by atoms with E-state index in [1.807, 2.05) is 6.07 Å². The second-order valence-corrected chi connectivity index (χ2v) is 6.68. The van der Waals surface area contributed by atoms with Crippen LogP contribution in [0.25, 0.3) is 0 Å². The van der Waals surface area contributed by atoms with Crippen molar-refractivity contribution in [3.8, 4) is 0 Å². The minimum atomic E-state index is -1.11. The Balaban J connectivity index is 2.38. The maximum Gasteiger partial charge on any atom is 0.328 e. The molecule has 1 aromatic carbocycles. The van der Waals surface area contributed by atoms with Gasteiger partial charge in [-0.1, -0.05) is 51.1 Å². The van der Waals surface area contributed by atoms with Gasteiger partial charge in [0.2, 0.25) is 11.8 Å². The third-order valence-corrected chi connectivity index (χ3v) is 3.91. The van der Waals surface area contributed by atoms with Gasteiger partial charge in [-0.15, -0.1) is 0 Å². The Hall–Kier alpha value is -2.50. The molecule has 0 aromatic heterocycles. The van der Waals surface area contributed by atoms with Gasteiger partial charge in [0.1, 0.15) is 11.7 Å². The van der Waals surface area contributed by atoms with Crippen molar-refractivity contribution < 1.29 is 19.2 Å². The Labute approximate surface area is 134 Å². The fraction of sp³-hybridized carbons (Fsp3) is 0.412. The molecule has 122 valence electrons. The van der Waals surface area contributed by atoms with Gasteiger partial charge in [0.15, 0.2) is 0 Å². The monoisotopic (exact) mass is 316 g/mol. The van der Waals surface area contributed by atoms with Gasteiger partial charge in [0.25, 0.3) is 0 Å². The third kappa shape index (κ3) is 3.83. The molecule has 6 heteroatoms. The minimum absolute atomic E-state index is 0.0488. The van der Waals surface area contributed by atoms with Crippen LogP contribution in [0.1, 0.15) is 38.7 Å². The highest BCUT2D eigenvalue weighted by Crippen LogP contribution is 2.33. The lowest BCUT2D eigenvalue weighted by Crippen LogP contribution is -2.57. The zero-order valence-electron chi connectivity index (χ0n) is 13.4. The molecule has 4 amide bonds. The van der Waals surface area contributed by atoms with E-state index in [1.165, 1.54) is 0 Å². The topological polar surface area (TPSA) is 92.3 Å². The van der Waals surface area contributed by atoms with Crippen molar-refractivity contribution in [1.29, 1.82) is 0 Å². The Morgan fingerprint density at radius 2 is 1.57 bits per heavy atom. The molecule has 1 aliphatic rings.